The largest absolute Gasteiger partial charge is 0.497 e. The molecule has 1 aromatic carbocycles. The van der Waals surface area contributed by atoms with Gasteiger partial charge >= 0.3 is 5.69 Å². The number of aromatic amines is 1. The van der Waals surface area contributed by atoms with E-state index in [1.165, 1.54) is 14.2 Å². The number of H-pyrrole nitrogens is 1. The Hall–Kier alpha value is -2.08. The summed E-state index contributed by atoms with van der Waals surface area (Å²) in [4.78, 5) is 26.5. The first-order valence-electron chi connectivity index (χ1n) is 5.47. The average Bonchev–Trinajstić information content (AvgIpc) is 2.38. The van der Waals surface area contributed by atoms with Crippen LogP contribution in [-0.2, 0) is 11.3 Å². The average molecular weight is 250 g/mol. The third-order valence-electron chi connectivity index (χ3n) is 2.71. The number of hydrogen-bond donors (Lipinski definition) is 1. The van der Waals surface area contributed by atoms with E-state index in [9.17, 15) is 9.59 Å². The monoisotopic (exact) mass is 250 g/mol. The summed E-state index contributed by atoms with van der Waals surface area (Å²) < 4.78 is 11.0. The first-order valence-corrected chi connectivity index (χ1v) is 5.47. The van der Waals surface area contributed by atoms with E-state index in [2.05, 4.69) is 4.98 Å². The van der Waals surface area contributed by atoms with Crippen molar-refractivity contribution >= 4 is 10.9 Å². The van der Waals surface area contributed by atoms with Crippen LogP contribution < -0.4 is 16.0 Å². The first kappa shape index (κ1) is 12.4. The lowest BCUT2D eigenvalue weighted by atomic mass is 10.2. The fourth-order valence-corrected chi connectivity index (χ4v) is 1.75. The fraction of sp³-hybridized carbons (Fsp3) is 0.333. The summed E-state index contributed by atoms with van der Waals surface area (Å²) in [5.74, 6) is 0.590. The molecule has 1 N–H and O–H groups in total. The minimum Gasteiger partial charge on any atom is -0.497 e. The van der Waals surface area contributed by atoms with Gasteiger partial charge in [0.1, 0.15) is 5.75 Å². The van der Waals surface area contributed by atoms with E-state index in [0.29, 0.717) is 23.3 Å². The molecule has 0 saturated carbocycles. The number of hydrogen-bond acceptors (Lipinski definition) is 4. The number of benzene rings is 1. The van der Waals surface area contributed by atoms with Gasteiger partial charge in [0, 0.05) is 13.2 Å². The molecular weight excluding hydrogens is 236 g/mol. The normalized spacial score (nSPS) is 10.8. The first-order chi connectivity index (χ1) is 8.67. The summed E-state index contributed by atoms with van der Waals surface area (Å²) in [6.45, 7) is 0.539. The molecule has 0 saturated heterocycles. The van der Waals surface area contributed by atoms with Crippen molar-refractivity contribution in [2.45, 2.75) is 6.54 Å². The van der Waals surface area contributed by atoms with Gasteiger partial charge in [-0.25, -0.2) is 4.79 Å². The van der Waals surface area contributed by atoms with Crippen LogP contribution in [0.5, 0.6) is 5.75 Å². The van der Waals surface area contributed by atoms with Crippen LogP contribution in [0, 0.1) is 0 Å². The number of fused-ring (bicyclic) bond motifs is 1. The molecule has 2 aromatic rings. The maximum atomic E-state index is 12.1. The summed E-state index contributed by atoms with van der Waals surface area (Å²) in [5.41, 5.74) is -0.302. The topological polar surface area (TPSA) is 73.3 Å². The molecule has 2 rings (SSSR count). The van der Waals surface area contributed by atoms with Crippen molar-refractivity contribution in [1.82, 2.24) is 9.55 Å². The van der Waals surface area contributed by atoms with Crippen LogP contribution in [0.3, 0.4) is 0 Å². The zero-order chi connectivity index (χ0) is 13.1. The summed E-state index contributed by atoms with van der Waals surface area (Å²) >= 11 is 0. The lowest BCUT2D eigenvalue weighted by molar-refractivity contribution is 0.185. The smallest absolute Gasteiger partial charge is 0.328 e. The van der Waals surface area contributed by atoms with Gasteiger partial charge in [0.05, 0.1) is 31.2 Å². The van der Waals surface area contributed by atoms with E-state index in [1.54, 1.807) is 18.2 Å². The number of ether oxygens (including phenoxy) is 2. The van der Waals surface area contributed by atoms with E-state index in [1.807, 2.05) is 0 Å². The summed E-state index contributed by atoms with van der Waals surface area (Å²) in [6, 6.07) is 4.94. The van der Waals surface area contributed by atoms with E-state index < -0.39 is 5.69 Å². The minimum absolute atomic E-state index is 0.229. The molecular formula is C12H14N2O4. The van der Waals surface area contributed by atoms with Gasteiger partial charge in [-0.3, -0.25) is 9.36 Å². The fourth-order valence-electron chi connectivity index (χ4n) is 1.75. The lowest BCUT2D eigenvalue weighted by Crippen LogP contribution is -2.36. The highest BCUT2D eigenvalue weighted by atomic mass is 16.5. The Labute approximate surface area is 103 Å². The summed E-state index contributed by atoms with van der Waals surface area (Å²) in [5, 5.41) is 0.450. The molecule has 6 nitrogen and oxygen atoms in total. The molecule has 0 aliphatic heterocycles. The predicted octanol–water partition coefficient (Wildman–Crippen LogP) is 0.345. The Morgan fingerprint density at radius 2 is 2.06 bits per heavy atom. The van der Waals surface area contributed by atoms with E-state index >= 15 is 0 Å². The van der Waals surface area contributed by atoms with Crippen molar-refractivity contribution in [1.29, 1.82) is 0 Å². The zero-order valence-corrected chi connectivity index (χ0v) is 10.2. The number of rotatable bonds is 4. The Balaban J connectivity index is 2.64. The second kappa shape index (κ2) is 5.05. The number of aromatic nitrogens is 2. The molecule has 0 spiro atoms. The second-order valence-electron chi connectivity index (χ2n) is 3.79. The highest BCUT2D eigenvalue weighted by Crippen LogP contribution is 2.14. The van der Waals surface area contributed by atoms with Crippen LogP contribution in [0.1, 0.15) is 0 Å². The van der Waals surface area contributed by atoms with Crippen molar-refractivity contribution in [2.24, 2.45) is 0 Å². The lowest BCUT2D eigenvalue weighted by Gasteiger charge is -2.06. The van der Waals surface area contributed by atoms with Gasteiger partial charge in [-0.1, -0.05) is 0 Å². The molecule has 0 bridgehead atoms. The maximum Gasteiger partial charge on any atom is 0.328 e. The van der Waals surface area contributed by atoms with Crippen LogP contribution in [0.2, 0.25) is 0 Å². The Kier molecular flexibility index (Phi) is 3.47. The molecule has 0 radical (unpaired) electrons. The van der Waals surface area contributed by atoms with Crippen molar-refractivity contribution in [3.8, 4) is 5.75 Å². The van der Waals surface area contributed by atoms with Gasteiger partial charge in [0.2, 0.25) is 0 Å². The van der Waals surface area contributed by atoms with Crippen LogP contribution in [0.25, 0.3) is 10.9 Å². The summed E-state index contributed by atoms with van der Waals surface area (Å²) in [6.07, 6.45) is 0. The molecule has 18 heavy (non-hydrogen) atoms. The summed E-state index contributed by atoms with van der Waals surface area (Å²) in [7, 11) is 3.05. The molecule has 0 fully saturated rings. The Morgan fingerprint density at radius 1 is 1.28 bits per heavy atom. The Bertz CT molecular complexity index is 672. The molecule has 0 aliphatic carbocycles. The molecule has 1 aromatic heterocycles. The van der Waals surface area contributed by atoms with Crippen LogP contribution in [0.4, 0.5) is 0 Å². The second-order valence-corrected chi connectivity index (χ2v) is 3.79. The number of nitrogens with one attached hydrogen (secondary N) is 1. The van der Waals surface area contributed by atoms with Crippen molar-refractivity contribution in [3.05, 3.63) is 39.0 Å². The van der Waals surface area contributed by atoms with Gasteiger partial charge in [-0.2, -0.15) is 0 Å². The molecule has 0 unspecified atom stereocenters. The highest BCUT2D eigenvalue weighted by Gasteiger charge is 2.07. The van der Waals surface area contributed by atoms with Crippen molar-refractivity contribution in [2.75, 3.05) is 20.8 Å². The molecule has 0 aliphatic rings. The van der Waals surface area contributed by atoms with Gasteiger partial charge in [-0.05, 0) is 12.1 Å². The number of methoxy groups -OCH3 is 2. The van der Waals surface area contributed by atoms with E-state index in [0.717, 1.165) is 4.57 Å². The van der Waals surface area contributed by atoms with Gasteiger partial charge in [0.25, 0.3) is 5.56 Å². The van der Waals surface area contributed by atoms with Crippen LogP contribution in [-0.4, -0.2) is 30.4 Å². The van der Waals surface area contributed by atoms with Gasteiger partial charge in [-0.15, -0.1) is 0 Å². The molecule has 0 amide bonds. The predicted molar refractivity (Wildman–Crippen MR) is 67.3 cm³/mol. The standard InChI is InChI=1S/C12H14N2O4/c1-17-6-5-14-11(15)9-4-3-8(18-2)7-10(9)13-12(14)16/h3-4,7H,5-6H2,1-2H3,(H,13,16). The zero-order valence-electron chi connectivity index (χ0n) is 10.2. The van der Waals surface area contributed by atoms with Gasteiger partial charge in [0.15, 0.2) is 0 Å². The van der Waals surface area contributed by atoms with Gasteiger partial charge < -0.3 is 14.5 Å². The van der Waals surface area contributed by atoms with Crippen LogP contribution >= 0.6 is 0 Å². The molecule has 96 valence electrons. The van der Waals surface area contributed by atoms with E-state index in [-0.39, 0.29) is 12.1 Å². The van der Waals surface area contributed by atoms with Crippen molar-refractivity contribution < 1.29 is 9.47 Å². The maximum absolute atomic E-state index is 12.1. The van der Waals surface area contributed by atoms with Crippen molar-refractivity contribution in [3.63, 3.8) is 0 Å². The highest BCUT2D eigenvalue weighted by molar-refractivity contribution is 5.78. The third kappa shape index (κ3) is 2.14. The Morgan fingerprint density at radius 3 is 2.72 bits per heavy atom. The SMILES string of the molecule is COCCn1c(=O)[nH]c2cc(OC)ccc2c1=O. The quantitative estimate of drug-likeness (QED) is 0.849. The third-order valence-corrected chi connectivity index (χ3v) is 2.71. The molecule has 0 atom stereocenters. The minimum atomic E-state index is -0.446. The molecule has 1 heterocycles. The molecule has 6 heteroatoms. The van der Waals surface area contributed by atoms with Crippen LogP contribution in [0.15, 0.2) is 27.8 Å². The van der Waals surface area contributed by atoms with E-state index in [4.69, 9.17) is 9.47 Å². The number of nitrogens with zero attached hydrogens (tertiary/aromatic N) is 1.